The number of likely N-dealkylation sites (N-methyl/N-ethyl adjacent to an activating group) is 2. The predicted molar refractivity (Wildman–Crippen MR) is 65.5 cm³/mol. The van der Waals surface area contributed by atoms with Crippen LogP contribution in [0, 0.1) is 0 Å². The Morgan fingerprint density at radius 1 is 1.35 bits per heavy atom. The molecule has 0 spiro atoms. The third kappa shape index (κ3) is 2.63. The number of hydrogen-bond acceptors (Lipinski definition) is 4. The van der Waals surface area contributed by atoms with Gasteiger partial charge >= 0.3 is 0 Å². The first-order valence-electron chi connectivity index (χ1n) is 6.08. The zero-order valence-electron chi connectivity index (χ0n) is 10.4. The van der Waals surface area contributed by atoms with Crippen LogP contribution in [0.3, 0.4) is 0 Å². The van der Waals surface area contributed by atoms with Gasteiger partial charge in [0.05, 0.1) is 17.5 Å². The summed E-state index contributed by atoms with van der Waals surface area (Å²) in [6, 6.07) is -0.176. The fraction of sp³-hybridized carbons (Fsp3) is 0.909. The largest absolute Gasteiger partial charge is 0.340 e. The van der Waals surface area contributed by atoms with Gasteiger partial charge in [0.25, 0.3) is 0 Å². The van der Waals surface area contributed by atoms with Crippen LogP contribution in [-0.4, -0.2) is 68.4 Å². The maximum absolute atomic E-state index is 12.2. The number of sulfone groups is 1. The molecule has 6 heteroatoms. The highest BCUT2D eigenvalue weighted by Crippen LogP contribution is 2.21. The number of carbonyl (C=O) groups is 1. The van der Waals surface area contributed by atoms with Crippen molar-refractivity contribution in [3.05, 3.63) is 0 Å². The normalized spacial score (nSPS) is 32.8. The van der Waals surface area contributed by atoms with Gasteiger partial charge in [-0.3, -0.25) is 9.69 Å². The van der Waals surface area contributed by atoms with E-state index in [2.05, 4.69) is 4.90 Å². The highest BCUT2D eigenvalue weighted by atomic mass is 32.2. The Morgan fingerprint density at radius 2 is 2.06 bits per heavy atom. The minimum atomic E-state index is -2.92. The molecule has 0 saturated carbocycles. The van der Waals surface area contributed by atoms with E-state index in [1.165, 1.54) is 0 Å². The third-order valence-corrected chi connectivity index (χ3v) is 5.66. The lowest BCUT2D eigenvalue weighted by Gasteiger charge is -2.29. The smallest absolute Gasteiger partial charge is 0.239 e. The summed E-state index contributed by atoms with van der Waals surface area (Å²) >= 11 is 0. The molecule has 2 aliphatic rings. The Kier molecular flexibility index (Phi) is 3.45. The van der Waals surface area contributed by atoms with Crippen molar-refractivity contribution < 1.29 is 13.2 Å². The fourth-order valence-corrected chi connectivity index (χ4v) is 4.49. The van der Waals surface area contributed by atoms with Crippen LogP contribution in [0.5, 0.6) is 0 Å². The van der Waals surface area contributed by atoms with Crippen molar-refractivity contribution in [3.8, 4) is 0 Å². The van der Waals surface area contributed by atoms with E-state index < -0.39 is 9.84 Å². The minimum absolute atomic E-state index is 0.0525. The summed E-state index contributed by atoms with van der Waals surface area (Å²) in [7, 11) is 0.771. The van der Waals surface area contributed by atoms with E-state index in [1.807, 2.05) is 7.05 Å². The molecule has 1 amide bonds. The SMILES string of the molecule is CN1CCCC1C(=O)N(C)C1CCS(=O)(=O)C1. The highest BCUT2D eigenvalue weighted by Gasteiger charge is 2.37. The molecule has 2 atom stereocenters. The Labute approximate surface area is 103 Å². The van der Waals surface area contributed by atoms with Gasteiger partial charge in [0.2, 0.25) is 5.91 Å². The molecule has 0 aromatic rings. The fourth-order valence-electron chi connectivity index (χ4n) is 2.72. The van der Waals surface area contributed by atoms with Crippen molar-refractivity contribution in [2.75, 3.05) is 32.1 Å². The first kappa shape index (κ1) is 12.8. The molecule has 5 nitrogen and oxygen atoms in total. The Bertz CT molecular complexity index is 407. The summed E-state index contributed by atoms with van der Waals surface area (Å²) in [4.78, 5) is 16.0. The first-order valence-corrected chi connectivity index (χ1v) is 7.90. The molecule has 0 bridgehead atoms. The quantitative estimate of drug-likeness (QED) is 0.685. The molecule has 2 saturated heterocycles. The van der Waals surface area contributed by atoms with Crippen LogP contribution >= 0.6 is 0 Å². The summed E-state index contributed by atoms with van der Waals surface area (Å²) < 4.78 is 22.8. The molecule has 98 valence electrons. The molecular weight excluding hydrogens is 240 g/mol. The third-order valence-electron chi connectivity index (χ3n) is 3.91. The van der Waals surface area contributed by atoms with Gasteiger partial charge in [0.1, 0.15) is 0 Å². The standard InChI is InChI=1S/C11H20N2O3S/c1-12-6-3-4-10(12)11(14)13(2)9-5-7-17(15,16)8-9/h9-10H,3-8H2,1-2H3. The lowest BCUT2D eigenvalue weighted by molar-refractivity contribution is -0.135. The minimum Gasteiger partial charge on any atom is -0.340 e. The van der Waals surface area contributed by atoms with Gasteiger partial charge in [0.15, 0.2) is 9.84 Å². The molecule has 0 aliphatic carbocycles. The van der Waals surface area contributed by atoms with Gasteiger partial charge < -0.3 is 4.90 Å². The molecule has 17 heavy (non-hydrogen) atoms. The van der Waals surface area contributed by atoms with Crippen molar-refractivity contribution in [1.29, 1.82) is 0 Å². The number of nitrogens with zero attached hydrogens (tertiary/aromatic N) is 2. The van der Waals surface area contributed by atoms with Crippen LogP contribution in [0.25, 0.3) is 0 Å². The van der Waals surface area contributed by atoms with Gasteiger partial charge in [-0.25, -0.2) is 8.42 Å². The first-order chi connectivity index (χ1) is 7.91. The van der Waals surface area contributed by atoms with E-state index in [1.54, 1.807) is 11.9 Å². The Hall–Kier alpha value is -0.620. The number of rotatable bonds is 2. The van der Waals surface area contributed by atoms with Gasteiger partial charge in [-0.15, -0.1) is 0 Å². The van der Waals surface area contributed by atoms with Crippen LogP contribution in [0.4, 0.5) is 0 Å². The van der Waals surface area contributed by atoms with Gasteiger partial charge in [-0.2, -0.15) is 0 Å². The molecule has 2 fully saturated rings. The molecule has 2 aliphatic heterocycles. The van der Waals surface area contributed by atoms with Crippen molar-refractivity contribution in [2.45, 2.75) is 31.3 Å². The van der Waals surface area contributed by atoms with Crippen molar-refractivity contribution >= 4 is 15.7 Å². The molecular formula is C11H20N2O3S. The van der Waals surface area contributed by atoms with E-state index in [0.29, 0.717) is 6.42 Å². The zero-order valence-corrected chi connectivity index (χ0v) is 11.2. The molecule has 2 heterocycles. The van der Waals surface area contributed by atoms with Crippen molar-refractivity contribution in [2.24, 2.45) is 0 Å². The monoisotopic (exact) mass is 260 g/mol. The summed E-state index contributed by atoms with van der Waals surface area (Å²) in [5, 5.41) is 0. The summed E-state index contributed by atoms with van der Waals surface area (Å²) in [6.07, 6.45) is 2.52. The summed E-state index contributed by atoms with van der Waals surface area (Å²) in [6.45, 7) is 0.952. The maximum Gasteiger partial charge on any atom is 0.239 e. The number of hydrogen-bond donors (Lipinski definition) is 0. The maximum atomic E-state index is 12.2. The molecule has 2 rings (SSSR count). The van der Waals surface area contributed by atoms with Crippen LogP contribution in [0.1, 0.15) is 19.3 Å². The lowest BCUT2D eigenvalue weighted by atomic mass is 10.1. The predicted octanol–water partition coefficient (Wildman–Crippen LogP) is -0.274. The highest BCUT2D eigenvalue weighted by molar-refractivity contribution is 7.91. The van der Waals surface area contributed by atoms with Crippen LogP contribution in [0.2, 0.25) is 0 Å². The van der Waals surface area contributed by atoms with E-state index in [-0.39, 0.29) is 29.5 Å². The van der Waals surface area contributed by atoms with E-state index in [0.717, 1.165) is 19.4 Å². The second-order valence-corrected chi connectivity index (χ2v) is 7.37. The number of likely N-dealkylation sites (tertiary alicyclic amines) is 1. The zero-order chi connectivity index (χ0) is 12.6. The van der Waals surface area contributed by atoms with E-state index >= 15 is 0 Å². The second-order valence-electron chi connectivity index (χ2n) is 5.14. The molecule has 0 aromatic heterocycles. The Morgan fingerprint density at radius 3 is 2.53 bits per heavy atom. The van der Waals surface area contributed by atoms with Crippen LogP contribution in [0.15, 0.2) is 0 Å². The lowest BCUT2D eigenvalue weighted by Crippen LogP contribution is -2.47. The van der Waals surface area contributed by atoms with Crippen LogP contribution < -0.4 is 0 Å². The van der Waals surface area contributed by atoms with E-state index in [9.17, 15) is 13.2 Å². The second kappa shape index (κ2) is 4.57. The summed E-state index contributed by atoms with van der Waals surface area (Å²) in [5.41, 5.74) is 0. The van der Waals surface area contributed by atoms with Crippen molar-refractivity contribution in [1.82, 2.24) is 9.80 Å². The van der Waals surface area contributed by atoms with Gasteiger partial charge in [-0.05, 0) is 32.9 Å². The van der Waals surface area contributed by atoms with E-state index in [4.69, 9.17) is 0 Å². The number of amides is 1. The molecule has 0 aromatic carbocycles. The molecule has 0 radical (unpaired) electrons. The van der Waals surface area contributed by atoms with Gasteiger partial charge in [-0.1, -0.05) is 0 Å². The molecule has 0 N–H and O–H groups in total. The average Bonchev–Trinajstić information content (AvgIpc) is 2.82. The molecule has 2 unspecified atom stereocenters. The Balaban J connectivity index is 2.00. The van der Waals surface area contributed by atoms with Gasteiger partial charge in [0, 0.05) is 13.1 Å². The van der Waals surface area contributed by atoms with Crippen molar-refractivity contribution in [3.63, 3.8) is 0 Å². The summed E-state index contributed by atoms with van der Waals surface area (Å²) in [5.74, 6) is 0.425. The van der Waals surface area contributed by atoms with Crippen LogP contribution in [-0.2, 0) is 14.6 Å². The average molecular weight is 260 g/mol. The number of carbonyl (C=O) groups excluding carboxylic acids is 1. The topological polar surface area (TPSA) is 57.7 Å².